The van der Waals surface area contributed by atoms with Crippen LogP contribution in [0.2, 0.25) is 5.02 Å². The van der Waals surface area contributed by atoms with Gasteiger partial charge >= 0.3 is 6.18 Å². The number of carbonyl (C=O) groups is 1. The smallest absolute Gasteiger partial charge is 0.397 e. The summed E-state index contributed by atoms with van der Waals surface area (Å²) in [6.45, 7) is 3.34. The minimum atomic E-state index is -4.47. The number of amides is 1. The number of aromatic nitrogens is 3. The number of halogens is 4. The Hall–Kier alpha value is -2.58. The summed E-state index contributed by atoms with van der Waals surface area (Å²) in [7, 11) is -1.85. The summed E-state index contributed by atoms with van der Waals surface area (Å²) in [5.41, 5.74) is -2.84. The molecule has 40 heavy (non-hydrogen) atoms. The molecule has 1 amide bonds. The SMILES string of the molecule is CCn1nc(C(=O)NC[C@]2(O)CC[C@@H](S(C)(=O)=O)CC2)c(Cl)c1-c1cnc(OCC(C)(C)C(F)(F)F)cc1OC. The van der Waals surface area contributed by atoms with Gasteiger partial charge in [-0.3, -0.25) is 9.48 Å². The molecular formula is C25H34ClF3N4O6S. The summed E-state index contributed by atoms with van der Waals surface area (Å²) < 4.78 is 75.3. The topological polar surface area (TPSA) is 133 Å². The molecule has 0 bridgehead atoms. The highest BCUT2D eigenvalue weighted by Gasteiger charge is 2.48. The van der Waals surface area contributed by atoms with Gasteiger partial charge in [0.2, 0.25) is 5.88 Å². The monoisotopic (exact) mass is 610 g/mol. The molecule has 0 saturated heterocycles. The molecule has 0 radical (unpaired) electrons. The predicted molar refractivity (Wildman–Crippen MR) is 142 cm³/mol. The van der Waals surface area contributed by atoms with Crippen LogP contribution >= 0.6 is 11.6 Å². The summed E-state index contributed by atoms with van der Waals surface area (Å²) >= 11 is 6.59. The van der Waals surface area contributed by atoms with E-state index in [2.05, 4.69) is 15.4 Å². The van der Waals surface area contributed by atoms with Gasteiger partial charge in [-0.2, -0.15) is 18.3 Å². The van der Waals surface area contributed by atoms with E-state index < -0.39 is 44.8 Å². The van der Waals surface area contributed by atoms with Crippen LogP contribution < -0.4 is 14.8 Å². The van der Waals surface area contributed by atoms with Gasteiger partial charge in [0.1, 0.15) is 22.2 Å². The van der Waals surface area contributed by atoms with Crippen LogP contribution in [0.3, 0.4) is 0 Å². The maximum Gasteiger partial charge on any atom is 0.397 e. The molecule has 2 N–H and O–H groups in total. The maximum atomic E-state index is 13.2. The van der Waals surface area contributed by atoms with Gasteiger partial charge in [-0.05, 0) is 46.5 Å². The van der Waals surface area contributed by atoms with E-state index in [4.69, 9.17) is 21.1 Å². The van der Waals surface area contributed by atoms with Crippen LogP contribution in [-0.2, 0) is 16.4 Å². The summed E-state index contributed by atoms with van der Waals surface area (Å²) in [4.78, 5) is 17.1. The summed E-state index contributed by atoms with van der Waals surface area (Å²) in [6, 6.07) is 1.33. The second-order valence-electron chi connectivity index (χ2n) is 10.7. The van der Waals surface area contributed by atoms with Crippen molar-refractivity contribution >= 4 is 27.3 Å². The fraction of sp³-hybridized carbons (Fsp3) is 0.640. The number of aliphatic hydroxyl groups is 1. The van der Waals surface area contributed by atoms with Crippen LogP contribution in [0.25, 0.3) is 11.3 Å². The first kappa shape index (κ1) is 31.9. The zero-order valence-corrected chi connectivity index (χ0v) is 24.5. The van der Waals surface area contributed by atoms with E-state index in [-0.39, 0.29) is 41.7 Å². The second-order valence-corrected chi connectivity index (χ2v) is 13.4. The quantitative estimate of drug-likeness (QED) is 0.412. The van der Waals surface area contributed by atoms with E-state index in [0.29, 0.717) is 30.6 Å². The fourth-order valence-corrected chi connectivity index (χ4v) is 5.73. The number of alkyl halides is 3. The molecule has 0 unspecified atom stereocenters. The van der Waals surface area contributed by atoms with Crippen LogP contribution in [0.15, 0.2) is 12.3 Å². The third-order valence-corrected chi connectivity index (χ3v) is 9.16. The van der Waals surface area contributed by atoms with Gasteiger partial charge in [-0.1, -0.05) is 11.6 Å². The van der Waals surface area contributed by atoms with Crippen molar-refractivity contribution in [2.24, 2.45) is 5.41 Å². The molecule has 10 nitrogen and oxygen atoms in total. The van der Waals surface area contributed by atoms with E-state index >= 15 is 0 Å². The van der Waals surface area contributed by atoms with Gasteiger partial charge in [0.05, 0.1) is 39.7 Å². The number of nitrogens with one attached hydrogen (secondary N) is 1. The first-order chi connectivity index (χ1) is 18.4. The fourth-order valence-electron chi connectivity index (χ4n) is 4.31. The van der Waals surface area contributed by atoms with Gasteiger partial charge in [-0.15, -0.1) is 0 Å². The van der Waals surface area contributed by atoms with E-state index in [1.165, 1.54) is 30.3 Å². The number of methoxy groups -OCH3 is 1. The molecular weight excluding hydrogens is 577 g/mol. The number of ether oxygens (including phenoxy) is 2. The summed E-state index contributed by atoms with van der Waals surface area (Å²) in [5.74, 6) is -0.540. The number of sulfone groups is 1. The number of hydrogen-bond donors (Lipinski definition) is 2. The van der Waals surface area contributed by atoms with Gasteiger partial charge in [-0.25, -0.2) is 13.4 Å². The number of aryl methyl sites for hydroxylation is 1. The molecule has 1 aliphatic rings. The second kappa shape index (κ2) is 11.7. The molecule has 1 saturated carbocycles. The standard InChI is InChI=1S/C25H34ClF3N4O6S/c1-6-33-21(16-12-30-18(11-17(16)38-4)39-14-23(2,3)25(27,28)29)19(26)20(32-33)22(34)31-13-24(35)9-7-15(8-10-24)40(5,36)37/h11-12,15,35H,6-10,13-14H2,1-5H3,(H,31,34)/t15-,24+. The largest absolute Gasteiger partial charge is 0.496 e. The average Bonchev–Trinajstić information content (AvgIpc) is 3.21. The van der Waals surface area contributed by atoms with Crippen LogP contribution in [0.1, 0.15) is 56.9 Å². The molecule has 3 rings (SSSR count). The average molecular weight is 611 g/mol. The van der Waals surface area contributed by atoms with Gasteiger partial charge in [0.25, 0.3) is 5.91 Å². The van der Waals surface area contributed by atoms with Crippen molar-refractivity contribution in [1.29, 1.82) is 0 Å². The third kappa shape index (κ3) is 7.00. The Labute approximate surface area is 236 Å². The number of carbonyl (C=O) groups excluding carboxylic acids is 1. The lowest BCUT2D eigenvalue weighted by Crippen LogP contribution is -2.47. The van der Waals surface area contributed by atoms with E-state index in [9.17, 15) is 31.5 Å². The Morgan fingerprint density at radius 2 is 1.93 bits per heavy atom. The van der Waals surface area contributed by atoms with Crippen LogP contribution in [-0.4, -0.2) is 77.7 Å². The molecule has 1 aliphatic carbocycles. The Balaban J connectivity index is 1.79. The van der Waals surface area contributed by atoms with Crippen LogP contribution in [0, 0.1) is 5.41 Å². The van der Waals surface area contributed by atoms with Crippen molar-refractivity contribution < 1.29 is 41.0 Å². The minimum absolute atomic E-state index is 0.0147. The Morgan fingerprint density at radius 3 is 2.45 bits per heavy atom. The lowest BCUT2D eigenvalue weighted by atomic mass is 9.84. The van der Waals surface area contributed by atoms with Gasteiger partial charge < -0.3 is 19.9 Å². The lowest BCUT2D eigenvalue weighted by Gasteiger charge is -2.35. The van der Waals surface area contributed by atoms with Gasteiger partial charge in [0, 0.05) is 31.6 Å². The molecule has 2 aromatic heterocycles. The Kier molecular flexibility index (Phi) is 9.36. The van der Waals surface area contributed by atoms with E-state index in [1.807, 2.05) is 0 Å². The molecule has 2 heterocycles. The first-order valence-electron chi connectivity index (χ1n) is 12.6. The Morgan fingerprint density at radius 1 is 1.30 bits per heavy atom. The molecule has 2 aromatic rings. The van der Waals surface area contributed by atoms with Crippen molar-refractivity contribution in [3.05, 3.63) is 23.0 Å². The number of rotatable bonds is 10. The molecule has 1 fully saturated rings. The van der Waals surface area contributed by atoms with Crippen LogP contribution in [0.4, 0.5) is 13.2 Å². The molecule has 0 spiro atoms. The third-order valence-electron chi connectivity index (χ3n) is 7.12. The van der Waals surface area contributed by atoms with Crippen molar-refractivity contribution in [2.75, 3.05) is 26.5 Å². The van der Waals surface area contributed by atoms with Crippen molar-refractivity contribution in [3.63, 3.8) is 0 Å². The van der Waals surface area contributed by atoms with Crippen molar-refractivity contribution in [1.82, 2.24) is 20.1 Å². The maximum absolute atomic E-state index is 13.2. The Bertz CT molecular complexity index is 1340. The van der Waals surface area contributed by atoms with E-state index in [1.54, 1.807) is 6.92 Å². The molecule has 15 heteroatoms. The zero-order chi connectivity index (χ0) is 30.1. The predicted octanol–water partition coefficient (Wildman–Crippen LogP) is 4.04. The number of pyridine rings is 1. The van der Waals surface area contributed by atoms with Crippen molar-refractivity contribution in [2.45, 2.75) is 70.0 Å². The molecule has 0 aliphatic heterocycles. The molecule has 0 atom stereocenters. The highest BCUT2D eigenvalue weighted by atomic mass is 35.5. The van der Waals surface area contributed by atoms with Gasteiger partial charge in [0.15, 0.2) is 5.69 Å². The number of nitrogens with zero attached hydrogens (tertiary/aromatic N) is 3. The van der Waals surface area contributed by atoms with E-state index in [0.717, 1.165) is 13.8 Å². The summed E-state index contributed by atoms with van der Waals surface area (Å²) in [6.07, 6.45) is -0.973. The highest BCUT2D eigenvalue weighted by Crippen LogP contribution is 2.40. The van der Waals surface area contributed by atoms with Crippen LogP contribution in [0.5, 0.6) is 11.6 Å². The zero-order valence-electron chi connectivity index (χ0n) is 22.9. The first-order valence-corrected chi connectivity index (χ1v) is 15.0. The minimum Gasteiger partial charge on any atom is -0.496 e. The molecule has 224 valence electrons. The summed E-state index contributed by atoms with van der Waals surface area (Å²) in [5, 5.41) is 17.3. The normalized spacial score (nSPS) is 20.3. The molecule has 0 aromatic carbocycles. The highest BCUT2D eigenvalue weighted by molar-refractivity contribution is 7.91. The number of hydrogen-bond acceptors (Lipinski definition) is 8. The lowest BCUT2D eigenvalue weighted by molar-refractivity contribution is -0.219. The van der Waals surface area contributed by atoms with Crippen molar-refractivity contribution in [3.8, 4) is 22.9 Å².